The van der Waals surface area contributed by atoms with E-state index in [0.29, 0.717) is 0 Å². The Morgan fingerprint density at radius 2 is 1.66 bits per heavy atom. The predicted octanol–water partition coefficient (Wildman–Crippen LogP) is 3.84. The van der Waals surface area contributed by atoms with Crippen LogP contribution in [0.2, 0.25) is 0 Å². The molecule has 156 valence electrons. The van der Waals surface area contributed by atoms with Crippen LogP contribution >= 0.6 is 11.3 Å². The highest BCUT2D eigenvalue weighted by Crippen LogP contribution is 2.26. The van der Waals surface area contributed by atoms with Gasteiger partial charge in [0, 0.05) is 44.7 Å². The van der Waals surface area contributed by atoms with E-state index < -0.39 is 0 Å². The molecule has 6 nitrogen and oxygen atoms in total. The fourth-order valence-electron chi connectivity index (χ4n) is 3.59. The molecule has 0 bridgehead atoms. The summed E-state index contributed by atoms with van der Waals surface area (Å²) < 4.78 is 1.88. The van der Waals surface area contributed by atoms with Gasteiger partial charge in [0.05, 0.1) is 11.9 Å². The fraction of sp³-hybridized carbons (Fsp3) is 0.545. The summed E-state index contributed by atoms with van der Waals surface area (Å²) >= 11 is 1.60. The van der Waals surface area contributed by atoms with E-state index in [-0.39, 0.29) is 5.41 Å². The molecular weight excluding hydrogens is 380 g/mol. The number of hydrogen-bond donors (Lipinski definition) is 1. The topological polar surface area (TPSA) is 48.7 Å². The van der Waals surface area contributed by atoms with Gasteiger partial charge < -0.3 is 10.2 Å². The number of benzene rings is 1. The van der Waals surface area contributed by atoms with Gasteiger partial charge in [-0.2, -0.15) is 0 Å². The van der Waals surface area contributed by atoms with Crippen LogP contribution < -0.4 is 5.32 Å². The van der Waals surface area contributed by atoms with Crippen molar-refractivity contribution < 1.29 is 0 Å². The highest BCUT2D eigenvalue weighted by Gasteiger charge is 2.19. The minimum absolute atomic E-state index is 0.0480. The number of imidazole rings is 1. The number of piperazine rings is 1. The van der Waals surface area contributed by atoms with Crippen LogP contribution in [0.25, 0.3) is 4.96 Å². The van der Waals surface area contributed by atoms with Crippen LogP contribution in [-0.2, 0) is 18.5 Å². The number of hydrogen-bond acceptors (Lipinski definition) is 6. The van der Waals surface area contributed by atoms with E-state index in [2.05, 4.69) is 72.2 Å². The van der Waals surface area contributed by atoms with Gasteiger partial charge in [-0.3, -0.25) is 4.90 Å². The Bertz CT molecular complexity index is 897. The van der Waals surface area contributed by atoms with Crippen LogP contribution in [0, 0.1) is 0 Å². The molecule has 1 saturated heterocycles. The van der Waals surface area contributed by atoms with Crippen molar-refractivity contribution in [3.63, 3.8) is 0 Å². The Balaban J connectivity index is 1.30. The second-order valence-corrected chi connectivity index (χ2v) is 9.85. The molecule has 29 heavy (non-hydrogen) atoms. The first-order chi connectivity index (χ1) is 13.9. The summed E-state index contributed by atoms with van der Waals surface area (Å²) in [6.45, 7) is 16.5. The molecular formula is C22H32N6S. The molecule has 1 aliphatic rings. The van der Waals surface area contributed by atoms with Crippen LogP contribution in [0.3, 0.4) is 0 Å². The molecule has 0 unspecified atom stereocenters. The van der Waals surface area contributed by atoms with Gasteiger partial charge in [0.25, 0.3) is 0 Å². The number of nitrogens with zero attached hydrogens (tertiary/aromatic N) is 5. The van der Waals surface area contributed by atoms with Gasteiger partial charge in [-0.15, -0.1) is 5.10 Å². The maximum Gasteiger partial charge on any atom is 0.214 e. The Hall–Kier alpha value is -1.96. The molecule has 3 heterocycles. The molecule has 0 atom stereocenters. The number of anilines is 1. The monoisotopic (exact) mass is 412 g/mol. The van der Waals surface area contributed by atoms with Crippen molar-refractivity contribution in [1.82, 2.24) is 24.4 Å². The highest BCUT2D eigenvalue weighted by molar-refractivity contribution is 7.20. The van der Waals surface area contributed by atoms with E-state index in [0.717, 1.165) is 35.4 Å². The minimum Gasteiger partial charge on any atom is -0.356 e. The summed E-state index contributed by atoms with van der Waals surface area (Å²) in [6.07, 6.45) is 2.03. The normalized spacial score (nSPS) is 16.6. The fourth-order valence-corrected chi connectivity index (χ4v) is 4.37. The van der Waals surface area contributed by atoms with Crippen molar-refractivity contribution in [2.75, 3.05) is 38.0 Å². The third-order valence-electron chi connectivity index (χ3n) is 5.60. The Kier molecular flexibility index (Phi) is 5.90. The Morgan fingerprint density at radius 1 is 1.00 bits per heavy atom. The molecule has 1 aromatic carbocycles. The third kappa shape index (κ3) is 4.97. The maximum absolute atomic E-state index is 4.71. The number of rotatable bonds is 6. The predicted molar refractivity (Wildman–Crippen MR) is 121 cm³/mol. The molecule has 7 heteroatoms. The lowest BCUT2D eigenvalue weighted by atomic mass is 9.93. The second-order valence-electron chi connectivity index (χ2n) is 8.89. The summed E-state index contributed by atoms with van der Waals surface area (Å²) in [5.41, 5.74) is 3.79. The minimum atomic E-state index is 0.0480. The van der Waals surface area contributed by atoms with E-state index >= 15 is 0 Å². The second kappa shape index (κ2) is 8.42. The van der Waals surface area contributed by atoms with Crippen LogP contribution in [0.4, 0.5) is 5.13 Å². The molecule has 0 aliphatic carbocycles. The molecule has 1 fully saturated rings. The molecule has 3 aromatic rings. The Labute approximate surface area is 177 Å². The van der Waals surface area contributed by atoms with Crippen molar-refractivity contribution >= 4 is 21.4 Å². The lowest BCUT2D eigenvalue weighted by Gasteiger charge is -2.34. The van der Waals surface area contributed by atoms with Crippen molar-refractivity contribution in [3.8, 4) is 0 Å². The highest BCUT2D eigenvalue weighted by atomic mass is 32.1. The molecule has 1 aliphatic heterocycles. The van der Waals surface area contributed by atoms with Crippen LogP contribution in [0.5, 0.6) is 0 Å². The van der Waals surface area contributed by atoms with Crippen molar-refractivity contribution in [3.05, 3.63) is 47.3 Å². The molecule has 4 rings (SSSR count). The molecule has 2 aromatic heterocycles. The summed E-state index contributed by atoms with van der Waals surface area (Å²) in [5.74, 6) is 0. The maximum atomic E-state index is 4.71. The molecule has 0 amide bonds. The van der Waals surface area contributed by atoms with Crippen LogP contribution in [0.15, 0.2) is 30.5 Å². The van der Waals surface area contributed by atoms with Gasteiger partial charge in [-0.25, -0.2) is 9.50 Å². The number of fused-ring (bicyclic) bond motifs is 1. The SMILES string of the molecule is CCN1CCN(Cc2ccc(CNc3nn4cc(C(C)(C)C)nc4s3)cc2)CC1. The van der Waals surface area contributed by atoms with Crippen molar-refractivity contribution in [1.29, 1.82) is 0 Å². The van der Waals surface area contributed by atoms with E-state index in [9.17, 15) is 0 Å². The van der Waals surface area contributed by atoms with Crippen molar-refractivity contribution in [2.45, 2.75) is 46.2 Å². The summed E-state index contributed by atoms with van der Waals surface area (Å²) in [6, 6.07) is 8.96. The third-order valence-corrected chi connectivity index (χ3v) is 6.48. The van der Waals surface area contributed by atoms with E-state index in [4.69, 9.17) is 4.98 Å². The summed E-state index contributed by atoms with van der Waals surface area (Å²) in [4.78, 5) is 10.7. The van der Waals surface area contributed by atoms with E-state index in [1.54, 1.807) is 11.3 Å². The quantitative estimate of drug-likeness (QED) is 0.667. The smallest absolute Gasteiger partial charge is 0.214 e. The molecule has 1 N–H and O–H groups in total. The first kappa shape index (κ1) is 20.3. The summed E-state index contributed by atoms with van der Waals surface area (Å²) in [7, 11) is 0. The average molecular weight is 413 g/mol. The van der Waals surface area contributed by atoms with E-state index in [1.807, 2.05) is 10.7 Å². The number of likely N-dealkylation sites (N-methyl/N-ethyl adjacent to an activating group) is 1. The van der Waals surface area contributed by atoms with Gasteiger partial charge in [0.15, 0.2) is 0 Å². The lowest BCUT2D eigenvalue weighted by molar-refractivity contribution is 0.132. The first-order valence-corrected chi connectivity index (χ1v) is 11.4. The Morgan fingerprint density at radius 3 is 2.28 bits per heavy atom. The van der Waals surface area contributed by atoms with Crippen molar-refractivity contribution in [2.24, 2.45) is 0 Å². The zero-order valence-electron chi connectivity index (χ0n) is 18.0. The van der Waals surface area contributed by atoms with Gasteiger partial charge in [0.2, 0.25) is 10.1 Å². The van der Waals surface area contributed by atoms with E-state index in [1.165, 1.54) is 37.3 Å². The summed E-state index contributed by atoms with van der Waals surface area (Å²) in [5, 5.41) is 8.97. The molecule has 0 radical (unpaired) electrons. The first-order valence-electron chi connectivity index (χ1n) is 10.5. The van der Waals surface area contributed by atoms with Gasteiger partial charge in [-0.05, 0) is 17.7 Å². The number of aromatic nitrogens is 3. The van der Waals surface area contributed by atoms with Gasteiger partial charge in [-0.1, -0.05) is 63.3 Å². The molecule has 0 spiro atoms. The largest absolute Gasteiger partial charge is 0.356 e. The standard InChI is InChI=1S/C22H32N6S/c1-5-26-10-12-27(13-11-26)15-18-8-6-17(7-9-18)14-23-20-25-28-16-19(22(2,3)4)24-21(28)29-20/h6-9,16H,5,10-15H2,1-4H3,(H,23,25). The number of nitrogens with one attached hydrogen (secondary N) is 1. The average Bonchev–Trinajstić information content (AvgIpc) is 3.27. The van der Waals surface area contributed by atoms with Crippen LogP contribution in [-0.4, -0.2) is 57.1 Å². The van der Waals surface area contributed by atoms with Crippen LogP contribution in [0.1, 0.15) is 44.5 Å². The van der Waals surface area contributed by atoms with Gasteiger partial charge in [0.1, 0.15) is 0 Å². The molecule has 0 saturated carbocycles. The zero-order valence-corrected chi connectivity index (χ0v) is 18.8. The lowest BCUT2D eigenvalue weighted by Crippen LogP contribution is -2.45. The zero-order chi connectivity index (χ0) is 20.4. The van der Waals surface area contributed by atoms with Gasteiger partial charge >= 0.3 is 0 Å².